The van der Waals surface area contributed by atoms with Crippen LogP contribution < -0.4 is 15.8 Å². The molecule has 7 nitrogen and oxygen atoms in total. The molecule has 0 aliphatic carbocycles. The molecule has 1 fully saturated rings. The van der Waals surface area contributed by atoms with Gasteiger partial charge in [-0.05, 0) is 69.1 Å². The third-order valence-electron chi connectivity index (χ3n) is 6.75. The molecule has 2 aromatic carbocycles. The second-order valence-electron chi connectivity index (χ2n) is 9.20. The number of nitrogens with one attached hydrogen (secondary N) is 1. The number of amides is 1. The summed E-state index contributed by atoms with van der Waals surface area (Å²) in [5.74, 6) is -0.0211. The molecule has 2 heterocycles. The highest BCUT2D eigenvalue weighted by Crippen LogP contribution is 2.18. The van der Waals surface area contributed by atoms with Gasteiger partial charge in [-0.1, -0.05) is 18.2 Å². The average Bonchev–Trinajstić information content (AvgIpc) is 2.84. The molecule has 0 spiro atoms. The summed E-state index contributed by atoms with van der Waals surface area (Å²) < 4.78 is 1.69. The fourth-order valence-electron chi connectivity index (χ4n) is 4.55. The molecule has 1 aromatic heterocycles. The largest absolute Gasteiger partial charge is 0.369 e. The van der Waals surface area contributed by atoms with Gasteiger partial charge >= 0.3 is 0 Å². The number of fused-ring (bicyclic) bond motifs is 1. The van der Waals surface area contributed by atoms with Crippen molar-refractivity contribution in [2.75, 3.05) is 44.2 Å². The first-order valence-corrected chi connectivity index (χ1v) is 12.2. The van der Waals surface area contributed by atoms with Crippen LogP contribution in [0.25, 0.3) is 11.0 Å². The van der Waals surface area contributed by atoms with Crippen molar-refractivity contribution in [3.05, 3.63) is 69.6 Å². The van der Waals surface area contributed by atoms with E-state index in [1.165, 1.54) is 5.69 Å². The van der Waals surface area contributed by atoms with E-state index in [2.05, 4.69) is 50.4 Å². The maximum Gasteiger partial charge on any atom is 0.272 e. The summed E-state index contributed by atoms with van der Waals surface area (Å²) in [6.45, 7) is 11.9. The number of hydrogen-bond donors (Lipinski definition) is 1. The van der Waals surface area contributed by atoms with Crippen LogP contribution >= 0.6 is 0 Å². The number of carbonyl (C=O) groups excluding carboxylic acids is 1. The average molecular weight is 462 g/mol. The zero-order valence-corrected chi connectivity index (χ0v) is 20.5. The normalized spacial score (nSPS) is 14.5. The molecule has 0 saturated carbocycles. The summed E-state index contributed by atoms with van der Waals surface area (Å²) in [5, 5.41) is 3.02. The first kappa shape index (κ1) is 24.0. The minimum atomic E-state index is -0.127. The summed E-state index contributed by atoms with van der Waals surface area (Å²) >= 11 is 0. The number of carbonyl (C=O) groups is 1. The Labute approximate surface area is 201 Å². The first-order valence-electron chi connectivity index (χ1n) is 12.2. The van der Waals surface area contributed by atoms with Crippen molar-refractivity contribution in [1.29, 1.82) is 0 Å². The maximum atomic E-state index is 12.7. The number of hydrogen-bond acceptors (Lipinski definition) is 5. The van der Waals surface area contributed by atoms with Crippen LogP contribution in [0.4, 0.5) is 5.69 Å². The smallest absolute Gasteiger partial charge is 0.272 e. The van der Waals surface area contributed by atoms with Gasteiger partial charge in [0, 0.05) is 51.4 Å². The van der Waals surface area contributed by atoms with Crippen LogP contribution in [0.5, 0.6) is 0 Å². The van der Waals surface area contributed by atoms with Gasteiger partial charge in [0.15, 0.2) is 0 Å². The number of benzene rings is 2. The Kier molecular flexibility index (Phi) is 7.63. The minimum Gasteiger partial charge on any atom is -0.369 e. The lowest BCUT2D eigenvalue weighted by Gasteiger charge is -2.36. The molecule has 4 rings (SSSR count). The van der Waals surface area contributed by atoms with Crippen molar-refractivity contribution in [2.24, 2.45) is 0 Å². The number of piperazine rings is 1. The molecular formula is C27H35N5O2. The van der Waals surface area contributed by atoms with E-state index in [0.29, 0.717) is 18.8 Å². The summed E-state index contributed by atoms with van der Waals surface area (Å²) in [6.07, 6.45) is 1.20. The Morgan fingerprint density at radius 3 is 2.41 bits per heavy atom. The van der Waals surface area contributed by atoms with E-state index >= 15 is 0 Å². The number of rotatable bonds is 8. The fourth-order valence-corrected chi connectivity index (χ4v) is 4.55. The van der Waals surface area contributed by atoms with Crippen LogP contribution in [0, 0.1) is 20.8 Å². The topological polar surface area (TPSA) is 70.5 Å². The van der Waals surface area contributed by atoms with Crippen molar-refractivity contribution < 1.29 is 4.79 Å². The highest BCUT2D eigenvalue weighted by Gasteiger charge is 2.17. The van der Waals surface area contributed by atoms with Gasteiger partial charge in [-0.2, -0.15) is 0 Å². The lowest BCUT2D eigenvalue weighted by Crippen LogP contribution is -2.47. The predicted octanol–water partition coefficient (Wildman–Crippen LogP) is 3.04. The van der Waals surface area contributed by atoms with Gasteiger partial charge in [0.2, 0.25) is 5.91 Å². The van der Waals surface area contributed by atoms with E-state index in [1.54, 1.807) is 11.5 Å². The molecule has 1 aliphatic rings. The molecule has 1 saturated heterocycles. The van der Waals surface area contributed by atoms with Gasteiger partial charge in [0.1, 0.15) is 5.69 Å². The second kappa shape index (κ2) is 10.8. The summed E-state index contributed by atoms with van der Waals surface area (Å²) in [7, 11) is 0. The van der Waals surface area contributed by atoms with Gasteiger partial charge in [0.05, 0.1) is 11.0 Å². The molecule has 0 bridgehead atoms. The maximum absolute atomic E-state index is 12.7. The minimum absolute atomic E-state index is 0.0211. The number of aromatic nitrogens is 2. The van der Waals surface area contributed by atoms with E-state index in [0.717, 1.165) is 61.3 Å². The van der Waals surface area contributed by atoms with Crippen LogP contribution in [0.1, 0.15) is 29.7 Å². The molecule has 1 aliphatic heterocycles. The number of nitrogens with zero attached hydrogens (tertiary/aromatic N) is 4. The quantitative estimate of drug-likeness (QED) is 0.522. The molecule has 7 heteroatoms. The molecule has 3 aromatic rings. The number of anilines is 1. The van der Waals surface area contributed by atoms with E-state index in [1.807, 2.05) is 26.0 Å². The fraction of sp³-hybridized carbons (Fsp3) is 0.444. The molecule has 1 N–H and O–H groups in total. The van der Waals surface area contributed by atoms with Crippen molar-refractivity contribution in [3.8, 4) is 0 Å². The van der Waals surface area contributed by atoms with Crippen LogP contribution in [-0.4, -0.2) is 59.6 Å². The van der Waals surface area contributed by atoms with Gasteiger partial charge in [0.25, 0.3) is 5.56 Å². The monoisotopic (exact) mass is 461 g/mol. The van der Waals surface area contributed by atoms with E-state index in [4.69, 9.17) is 0 Å². The number of aryl methyl sites for hydroxylation is 4. The third-order valence-corrected chi connectivity index (χ3v) is 6.75. The molecule has 0 radical (unpaired) electrons. The summed E-state index contributed by atoms with van der Waals surface area (Å²) in [4.78, 5) is 34.5. The van der Waals surface area contributed by atoms with Crippen LogP contribution in [0.15, 0.2) is 47.3 Å². The second-order valence-corrected chi connectivity index (χ2v) is 9.20. The predicted molar refractivity (Wildman–Crippen MR) is 138 cm³/mol. The van der Waals surface area contributed by atoms with E-state index in [9.17, 15) is 9.59 Å². The van der Waals surface area contributed by atoms with Gasteiger partial charge in [-0.3, -0.25) is 14.5 Å². The Hall–Kier alpha value is -3.19. The Balaban J connectivity index is 1.22. The summed E-state index contributed by atoms with van der Waals surface area (Å²) in [6, 6.07) is 14.5. The Morgan fingerprint density at radius 1 is 0.971 bits per heavy atom. The van der Waals surface area contributed by atoms with Crippen molar-refractivity contribution >= 4 is 22.6 Å². The standard InChI is InChI=1S/C27H35N5O2/c1-20-18-24-25(19-21(20)2)32(27(34)22(3)29-24)13-10-26(33)28-11-7-12-30-14-16-31(17-15-30)23-8-5-4-6-9-23/h4-6,8-9,18-19H,7,10-17H2,1-3H3,(H,28,33). The highest BCUT2D eigenvalue weighted by molar-refractivity contribution is 5.78. The van der Waals surface area contributed by atoms with E-state index < -0.39 is 0 Å². The molecule has 34 heavy (non-hydrogen) atoms. The van der Waals surface area contributed by atoms with Crippen LogP contribution in [-0.2, 0) is 11.3 Å². The Morgan fingerprint density at radius 2 is 1.68 bits per heavy atom. The van der Waals surface area contributed by atoms with Crippen molar-refractivity contribution in [1.82, 2.24) is 19.8 Å². The molecule has 180 valence electrons. The van der Waals surface area contributed by atoms with Crippen LogP contribution in [0.2, 0.25) is 0 Å². The van der Waals surface area contributed by atoms with Crippen molar-refractivity contribution in [3.63, 3.8) is 0 Å². The molecule has 1 amide bonds. The Bertz CT molecular complexity index is 1200. The third kappa shape index (κ3) is 5.65. The van der Waals surface area contributed by atoms with Crippen molar-refractivity contribution in [2.45, 2.75) is 40.2 Å². The summed E-state index contributed by atoms with van der Waals surface area (Å²) in [5.41, 5.74) is 5.47. The zero-order chi connectivity index (χ0) is 24.1. The first-order chi connectivity index (χ1) is 16.4. The zero-order valence-electron chi connectivity index (χ0n) is 20.5. The SMILES string of the molecule is Cc1cc2nc(C)c(=O)n(CCC(=O)NCCCN3CCN(c4ccccc4)CC3)c2cc1C. The lowest BCUT2D eigenvalue weighted by molar-refractivity contribution is -0.121. The van der Waals surface area contributed by atoms with Gasteiger partial charge in [-0.15, -0.1) is 0 Å². The lowest BCUT2D eigenvalue weighted by atomic mass is 10.1. The number of para-hydroxylation sites is 1. The molecule has 0 atom stereocenters. The van der Waals surface area contributed by atoms with Crippen LogP contribution in [0.3, 0.4) is 0 Å². The molecular weight excluding hydrogens is 426 g/mol. The van der Waals surface area contributed by atoms with Gasteiger partial charge < -0.3 is 14.8 Å². The van der Waals surface area contributed by atoms with Gasteiger partial charge in [-0.25, -0.2) is 4.98 Å². The highest BCUT2D eigenvalue weighted by atomic mass is 16.2. The van der Waals surface area contributed by atoms with E-state index in [-0.39, 0.29) is 17.9 Å². The molecule has 0 unspecified atom stereocenters.